The van der Waals surface area contributed by atoms with Crippen LogP contribution in [0.1, 0.15) is 16.5 Å². The summed E-state index contributed by atoms with van der Waals surface area (Å²) >= 11 is 11.0. The maximum atomic E-state index is 12.7. The van der Waals surface area contributed by atoms with E-state index in [-0.39, 0.29) is 23.6 Å². The first-order valence-corrected chi connectivity index (χ1v) is 11.5. The van der Waals surface area contributed by atoms with Gasteiger partial charge in [0.2, 0.25) is 5.91 Å². The number of nitro benzene ring substituents is 1. The van der Waals surface area contributed by atoms with Gasteiger partial charge in [0.15, 0.2) is 0 Å². The summed E-state index contributed by atoms with van der Waals surface area (Å²) in [4.78, 5) is 24.8. The van der Waals surface area contributed by atoms with E-state index in [0.717, 1.165) is 21.3 Å². The largest absolute Gasteiger partial charge is 0.489 e. The van der Waals surface area contributed by atoms with Gasteiger partial charge in [-0.15, -0.1) is 11.8 Å². The van der Waals surface area contributed by atoms with E-state index >= 15 is 0 Å². The van der Waals surface area contributed by atoms with Crippen LogP contribution in [0.3, 0.4) is 0 Å². The Bertz CT molecular complexity index is 1130. The number of carbonyl (C=O) groups excluding carboxylic acids is 1. The molecule has 9 heteroatoms. The molecule has 0 saturated carbocycles. The van der Waals surface area contributed by atoms with Crippen molar-refractivity contribution in [1.29, 1.82) is 0 Å². The number of ether oxygens (including phenoxy) is 1. The van der Waals surface area contributed by atoms with Crippen LogP contribution in [0, 0.1) is 10.1 Å². The molecule has 0 N–H and O–H groups in total. The predicted octanol–water partition coefficient (Wildman–Crippen LogP) is 6.37. The number of benzene rings is 3. The average molecular weight is 520 g/mol. The van der Waals surface area contributed by atoms with Gasteiger partial charge in [0.05, 0.1) is 10.7 Å². The van der Waals surface area contributed by atoms with E-state index in [1.165, 1.54) is 23.9 Å². The highest BCUT2D eigenvalue weighted by atomic mass is 79.9. The zero-order chi connectivity index (χ0) is 22.0. The van der Waals surface area contributed by atoms with Crippen molar-refractivity contribution in [3.63, 3.8) is 0 Å². The van der Waals surface area contributed by atoms with Gasteiger partial charge in [-0.2, -0.15) is 0 Å². The maximum absolute atomic E-state index is 12.7. The minimum Gasteiger partial charge on any atom is -0.489 e. The van der Waals surface area contributed by atoms with E-state index < -0.39 is 4.92 Å². The van der Waals surface area contributed by atoms with Crippen LogP contribution in [0.25, 0.3) is 0 Å². The second-order valence-electron chi connectivity index (χ2n) is 6.80. The molecule has 1 aliphatic heterocycles. The number of anilines is 1. The van der Waals surface area contributed by atoms with Crippen LogP contribution in [0.5, 0.6) is 5.75 Å². The van der Waals surface area contributed by atoms with Crippen molar-refractivity contribution >= 4 is 56.6 Å². The van der Waals surface area contributed by atoms with Crippen LogP contribution in [0.2, 0.25) is 5.02 Å². The molecule has 1 atom stereocenters. The Morgan fingerprint density at radius 3 is 2.52 bits per heavy atom. The standard InChI is InChI=1S/C22H16BrClN2O4S/c23-15-3-10-20(30-12-14-1-6-18(7-2-14)26(28)29)19(11-15)22-25(21(27)13-31-22)17-8-4-16(24)5-9-17/h1-11,22H,12-13H2/t22-/m1/s1. The number of halogens is 2. The molecule has 3 aromatic rings. The number of carbonyl (C=O) groups is 1. The Hall–Kier alpha value is -2.55. The van der Waals surface area contributed by atoms with Crippen LogP contribution in [-0.4, -0.2) is 16.6 Å². The van der Waals surface area contributed by atoms with Crippen molar-refractivity contribution in [2.45, 2.75) is 12.0 Å². The SMILES string of the molecule is O=C1CS[C@H](c2cc(Br)ccc2OCc2ccc([N+](=O)[O-])cc2)N1c1ccc(Cl)cc1. The maximum Gasteiger partial charge on any atom is 0.269 e. The van der Waals surface area contributed by atoms with Crippen molar-refractivity contribution in [3.05, 3.63) is 97.5 Å². The highest BCUT2D eigenvalue weighted by Gasteiger charge is 2.36. The summed E-state index contributed by atoms with van der Waals surface area (Å²) in [6, 6.07) is 19.1. The molecule has 31 heavy (non-hydrogen) atoms. The summed E-state index contributed by atoms with van der Waals surface area (Å²) in [7, 11) is 0. The van der Waals surface area contributed by atoms with Gasteiger partial charge in [-0.05, 0) is 60.2 Å². The number of thioether (sulfide) groups is 1. The molecule has 0 unspecified atom stereocenters. The summed E-state index contributed by atoms with van der Waals surface area (Å²) in [6.07, 6.45) is 0. The van der Waals surface area contributed by atoms with Crippen LogP contribution in [-0.2, 0) is 11.4 Å². The summed E-state index contributed by atoms with van der Waals surface area (Å²) < 4.78 is 6.94. The minimum atomic E-state index is -0.433. The van der Waals surface area contributed by atoms with Crippen molar-refractivity contribution in [2.24, 2.45) is 0 Å². The Balaban J connectivity index is 1.60. The molecular weight excluding hydrogens is 504 g/mol. The quantitative estimate of drug-likeness (QED) is 0.279. The van der Waals surface area contributed by atoms with E-state index in [0.29, 0.717) is 16.5 Å². The molecule has 6 nitrogen and oxygen atoms in total. The topological polar surface area (TPSA) is 72.7 Å². The number of non-ortho nitro benzene ring substituents is 1. The smallest absolute Gasteiger partial charge is 0.269 e. The van der Waals surface area contributed by atoms with Gasteiger partial charge in [-0.3, -0.25) is 19.8 Å². The van der Waals surface area contributed by atoms with E-state index in [1.54, 1.807) is 29.2 Å². The molecule has 1 amide bonds. The van der Waals surface area contributed by atoms with Crippen LogP contribution in [0.4, 0.5) is 11.4 Å². The van der Waals surface area contributed by atoms with Crippen LogP contribution >= 0.6 is 39.3 Å². The van der Waals surface area contributed by atoms with Crippen LogP contribution < -0.4 is 9.64 Å². The first-order chi connectivity index (χ1) is 14.9. The number of rotatable bonds is 6. The first kappa shape index (κ1) is 21.7. The second-order valence-corrected chi connectivity index (χ2v) is 9.22. The Morgan fingerprint density at radius 2 is 1.84 bits per heavy atom. The van der Waals surface area contributed by atoms with E-state index in [1.807, 2.05) is 30.3 Å². The Kier molecular flexibility index (Phi) is 6.50. The lowest BCUT2D eigenvalue weighted by molar-refractivity contribution is -0.384. The fourth-order valence-corrected chi connectivity index (χ4v) is 4.95. The number of amides is 1. The normalized spacial score (nSPS) is 15.9. The third-order valence-electron chi connectivity index (χ3n) is 4.75. The second kappa shape index (κ2) is 9.30. The monoisotopic (exact) mass is 518 g/mol. The molecule has 0 bridgehead atoms. The molecule has 0 aromatic heterocycles. The zero-order valence-corrected chi connectivity index (χ0v) is 19.2. The minimum absolute atomic E-state index is 0.0126. The molecule has 3 aromatic carbocycles. The molecule has 0 spiro atoms. The molecular formula is C22H16BrClN2O4S. The number of nitrogens with zero attached hydrogens (tertiary/aromatic N) is 2. The molecule has 4 rings (SSSR count). The highest BCUT2D eigenvalue weighted by Crippen LogP contribution is 2.45. The molecule has 158 valence electrons. The van der Waals surface area contributed by atoms with Gasteiger partial charge in [-0.25, -0.2) is 0 Å². The highest BCUT2D eigenvalue weighted by molar-refractivity contribution is 9.10. The lowest BCUT2D eigenvalue weighted by atomic mass is 10.1. The lowest BCUT2D eigenvalue weighted by Gasteiger charge is -2.26. The van der Waals surface area contributed by atoms with Crippen molar-refractivity contribution < 1.29 is 14.5 Å². The molecule has 1 aliphatic rings. The van der Waals surface area contributed by atoms with Gasteiger partial charge in [0.1, 0.15) is 17.7 Å². The van der Waals surface area contributed by atoms with E-state index in [4.69, 9.17) is 16.3 Å². The van der Waals surface area contributed by atoms with Crippen molar-refractivity contribution in [2.75, 3.05) is 10.7 Å². The molecule has 1 saturated heterocycles. The summed E-state index contributed by atoms with van der Waals surface area (Å²) in [5.41, 5.74) is 2.48. The fraction of sp³-hybridized carbons (Fsp3) is 0.136. The fourth-order valence-electron chi connectivity index (χ4n) is 3.25. The number of hydrogen-bond acceptors (Lipinski definition) is 5. The third-order valence-corrected chi connectivity index (χ3v) is 6.69. The zero-order valence-electron chi connectivity index (χ0n) is 16.0. The number of hydrogen-bond donors (Lipinski definition) is 0. The summed E-state index contributed by atoms with van der Waals surface area (Å²) in [5.74, 6) is 1.02. The summed E-state index contributed by atoms with van der Waals surface area (Å²) in [5, 5.41) is 11.2. The van der Waals surface area contributed by atoms with E-state index in [9.17, 15) is 14.9 Å². The van der Waals surface area contributed by atoms with Crippen molar-refractivity contribution in [3.8, 4) is 5.75 Å². The molecule has 0 aliphatic carbocycles. The Morgan fingerprint density at radius 1 is 1.13 bits per heavy atom. The van der Waals surface area contributed by atoms with Crippen LogP contribution in [0.15, 0.2) is 71.2 Å². The first-order valence-electron chi connectivity index (χ1n) is 9.27. The Labute approximate surface area is 196 Å². The third kappa shape index (κ3) is 4.87. The number of nitro groups is 1. The predicted molar refractivity (Wildman–Crippen MR) is 126 cm³/mol. The van der Waals surface area contributed by atoms with Gasteiger partial charge in [0.25, 0.3) is 5.69 Å². The van der Waals surface area contributed by atoms with Gasteiger partial charge < -0.3 is 4.74 Å². The lowest BCUT2D eigenvalue weighted by Crippen LogP contribution is -2.28. The van der Waals surface area contributed by atoms with Gasteiger partial charge >= 0.3 is 0 Å². The average Bonchev–Trinajstić information content (AvgIpc) is 3.15. The molecule has 0 radical (unpaired) electrons. The van der Waals surface area contributed by atoms with Gasteiger partial charge in [0, 0.05) is 32.9 Å². The molecule has 1 fully saturated rings. The molecule has 1 heterocycles. The van der Waals surface area contributed by atoms with Gasteiger partial charge in [-0.1, -0.05) is 27.5 Å². The summed E-state index contributed by atoms with van der Waals surface area (Å²) in [6.45, 7) is 0.249. The van der Waals surface area contributed by atoms with Crippen molar-refractivity contribution in [1.82, 2.24) is 0 Å². The van der Waals surface area contributed by atoms with E-state index in [2.05, 4.69) is 15.9 Å².